The molecule has 1 aromatic carbocycles. The summed E-state index contributed by atoms with van der Waals surface area (Å²) in [6.07, 6.45) is 0. The molecule has 0 radical (unpaired) electrons. The standard InChI is InChI=1S/C13H16BClF3N2/c1-11(14(16,17)18)10-19-6-8-20(9-7-19)13-4-2-12(15)3-5-13/h2-5H,1,6-10H2/q-1. The van der Waals surface area contributed by atoms with Gasteiger partial charge >= 0.3 is 6.98 Å². The average Bonchev–Trinajstić information content (AvgIpc) is 2.39. The van der Waals surface area contributed by atoms with Gasteiger partial charge in [0.1, 0.15) is 0 Å². The molecule has 20 heavy (non-hydrogen) atoms. The van der Waals surface area contributed by atoms with E-state index in [0.717, 1.165) is 5.69 Å². The maximum Gasteiger partial charge on any atom is 0.506 e. The smallest absolute Gasteiger partial charge is 0.445 e. The normalized spacial score (nSPS) is 17.3. The Labute approximate surface area is 121 Å². The van der Waals surface area contributed by atoms with Crippen molar-refractivity contribution in [2.24, 2.45) is 0 Å². The molecule has 7 heteroatoms. The first-order chi connectivity index (χ1) is 9.36. The van der Waals surface area contributed by atoms with Gasteiger partial charge in [0.15, 0.2) is 0 Å². The lowest BCUT2D eigenvalue weighted by Crippen LogP contribution is -2.48. The van der Waals surface area contributed by atoms with Crippen molar-refractivity contribution in [3.8, 4) is 0 Å². The van der Waals surface area contributed by atoms with Crippen LogP contribution in [-0.4, -0.2) is 44.6 Å². The first kappa shape index (κ1) is 15.3. The number of hydrogen-bond donors (Lipinski definition) is 0. The molecule has 0 unspecified atom stereocenters. The van der Waals surface area contributed by atoms with Crippen molar-refractivity contribution in [1.29, 1.82) is 0 Å². The van der Waals surface area contributed by atoms with E-state index < -0.39 is 12.4 Å². The van der Waals surface area contributed by atoms with Gasteiger partial charge in [-0.15, -0.1) is 12.1 Å². The predicted octanol–water partition coefficient (Wildman–Crippen LogP) is 3.40. The van der Waals surface area contributed by atoms with Crippen LogP contribution in [-0.2, 0) is 0 Å². The van der Waals surface area contributed by atoms with Crippen LogP contribution in [0.2, 0.25) is 5.02 Å². The van der Waals surface area contributed by atoms with Crippen LogP contribution in [0.4, 0.5) is 18.6 Å². The Bertz CT molecular complexity index is 467. The lowest BCUT2D eigenvalue weighted by atomic mass is 9.80. The van der Waals surface area contributed by atoms with E-state index in [0.29, 0.717) is 31.2 Å². The Morgan fingerprint density at radius 3 is 2.15 bits per heavy atom. The van der Waals surface area contributed by atoms with Crippen molar-refractivity contribution in [3.05, 3.63) is 41.3 Å². The number of hydrogen-bond acceptors (Lipinski definition) is 2. The number of benzene rings is 1. The molecule has 0 aromatic heterocycles. The summed E-state index contributed by atoms with van der Waals surface area (Å²) in [5, 5.41) is 0.677. The third-order valence-corrected chi connectivity index (χ3v) is 3.71. The fourth-order valence-electron chi connectivity index (χ4n) is 2.21. The summed E-state index contributed by atoms with van der Waals surface area (Å²) in [5.74, 6) is 0. The van der Waals surface area contributed by atoms with E-state index >= 15 is 0 Å². The topological polar surface area (TPSA) is 6.48 Å². The van der Waals surface area contributed by atoms with Gasteiger partial charge < -0.3 is 17.8 Å². The first-order valence-corrected chi connectivity index (χ1v) is 6.84. The summed E-state index contributed by atoms with van der Waals surface area (Å²) in [6, 6.07) is 7.49. The monoisotopic (exact) mass is 303 g/mol. The van der Waals surface area contributed by atoms with Crippen LogP contribution in [0.15, 0.2) is 36.3 Å². The van der Waals surface area contributed by atoms with Crippen LogP contribution in [0.1, 0.15) is 0 Å². The maximum atomic E-state index is 12.5. The van der Waals surface area contributed by atoms with E-state index in [-0.39, 0.29) is 6.54 Å². The van der Waals surface area contributed by atoms with Crippen molar-refractivity contribution >= 4 is 24.3 Å². The minimum Gasteiger partial charge on any atom is -0.445 e. The van der Waals surface area contributed by atoms with Crippen LogP contribution in [0.3, 0.4) is 0 Å². The average molecular weight is 304 g/mol. The Kier molecular flexibility index (Phi) is 4.65. The van der Waals surface area contributed by atoms with E-state index in [1.807, 2.05) is 24.3 Å². The van der Waals surface area contributed by atoms with Crippen LogP contribution in [0.5, 0.6) is 0 Å². The molecule has 2 rings (SSSR count). The van der Waals surface area contributed by atoms with E-state index in [9.17, 15) is 12.9 Å². The molecule has 1 aliphatic heterocycles. The summed E-state index contributed by atoms with van der Waals surface area (Å²) in [5.41, 5.74) is 0.429. The summed E-state index contributed by atoms with van der Waals surface area (Å²) < 4.78 is 37.5. The molecule has 0 saturated carbocycles. The van der Waals surface area contributed by atoms with Gasteiger partial charge in [0, 0.05) is 36.9 Å². The molecular formula is C13H16BClF3N2-. The zero-order valence-electron chi connectivity index (χ0n) is 11.0. The van der Waals surface area contributed by atoms with Gasteiger partial charge in [-0.05, 0) is 30.8 Å². The van der Waals surface area contributed by atoms with Crippen LogP contribution in [0, 0.1) is 0 Å². The zero-order valence-corrected chi connectivity index (χ0v) is 11.8. The summed E-state index contributed by atoms with van der Waals surface area (Å²) in [6.45, 7) is 0.753. The Hall–Kier alpha value is -1.14. The minimum atomic E-state index is -4.93. The second-order valence-electron chi connectivity index (χ2n) is 4.97. The minimum absolute atomic E-state index is 0.0854. The highest BCUT2D eigenvalue weighted by molar-refractivity contribution is 6.66. The van der Waals surface area contributed by atoms with Gasteiger partial charge in [-0.2, -0.15) is 0 Å². The molecule has 2 nitrogen and oxygen atoms in total. The Morgan fingerprint density at radius 2 is 1.65 bits per heavy atom. The summed E-state index contributed by atoms with van der Waals surface area (Å²) in [4.78, 5) is 3.94. The molecule has 0 aliphatic carbocycles. The van der Waals surface area contributed by atoms with Gasteiger partial charge in [-0.3, -0.25) is 4.90 Å². The third-order valence-electron chi connectivity index (χ3n) is 3.45. The third kappa shape index (κ3) is 3.93. The first-order valence-electron chi connectivity index (χ1n) is 6.47. The van der Waals surface area contributed by atoms with Crippen molar-refractivity contribution in [3.63, 3.8) is 0 Å². The largest absolute Gasteiger partial charge is 0.506 e. The molecule has 1 heterocycles. The van der Waals surface area contributed by atoms with Crippen molar-refractivity contribution in [1.82, 2.24) is 4.90 Å². The zero-order chi connectivity index (χ0) is 14.8. The SMILES string of the molecule is C=C(CN1CCN(c2ccc(Cl)cc2)CC1)[B-](F)(F)F. The van der Waals surface area contributed by atoms with Crippen LogP contribution < -0.4 is 4.90 Å². The van der Waals surface area contributed by atoms with Gasteiger partial charge in [0.25, 0.3) is 0 Å². The van der Waals surface area contributed by atoms with E-state index in [4.69, 9.17) is 11.6 Å². The van der Waals surface area contributed by atoms with E-state index in [2.05, 4.69) is 11.5 Å². The van der Waals surface area contributed by atoms with Gasteiger partial charge in [0.2, 0.25) is 0 Å². The number of rotatable bonds is 4. The molecule has 0 spiro atoms. The van der Waals surface area contributed by atoms with E-state index in [1.165, 1.54) is 0 Å². The van der Waals surface area contributed by atoms with Crippen molar-refractivity contribution in [2.45, 2.75) is 0 Å². The fraction of sp³-hybridized carbons (Fsp3) is 0.385. The maximum absolute atomic E-state index is 12.5. The molecule has 0 N–H and O–H groups in total. The second kappa shape index (κ2) is 6.10. The van der Waals surface area contributed by atoms with Crippen molar-refractivity contribution < 1.29 is 12.9 Å². The van der Waals surface area contributed by atoms with E-state index in [1.54, 1.807) is 4.90 Å². The molecule has 1 saturated heterocycles. The van der Waals surface area contributed by atoms with Crippen LogP contribution in [0.25, 0.3) is 0 Å². The number of anilines is 1. The molecular weight excluding hydrogens is 287 g/mol. The summed E-state index contributed by atoms with van der Waals surface area (Å²) in [7, 11) is 0. The number of piperazine rings is 1. The van der Waals surface area contributed by atoms with Crippen molar-refractivity contribution in [2.75, 3.05) is 37.6 Å². The number of nitrogens with zero attached hydrogens (tertiary/aromatic N) is 2. The quantitative estimate of drug-likeness (QED) is 0.787. The Balaban J connectivity index is 1.86. The highest BCUT2D eigenvalue weighted by Gasteiger charge is 2.28. The Morgan fingerprint density at radius 1 is 1.10 bits per heavy atom. The van der Waals surface area contributed by atoms with Gasteiger partial charge in [-0.25, -0.2) is 0 Å². The molecule has 1 aliphatic rings. The molecule has 1 aromatic rings. The molecule has 0 amide bonds. The lowest BCUT2D eigenvalue weighted by molar-refractivity contribution is 0.277. The molecule has 0 atom stereocenters. The molecule has 0 bridgehead atoms. The highest BCUT2D eigenvalue weighted by atomic mass is 35.5. The van der Waals surface area contributed by atoms with Gasteiger partial charge in [-0.1, -0.05) is 11.6 Å². The second-order valence-corrected chi connectivity index (χ2v) is 5.41. The highest BCUT2D eigenvalue weighted by Crippen LogP contribution is 2.22. The fourth-order valence-corrected chi connectivity index (χ4v) is 2.33. The predicted molar refractivity (Wildman–Crippen MR) is 78.3 cm³/mol. The molecule has 1 fully saturated rings. The lowest BCUT2D eigenvalue weighted by Gasteiger charge is -2.37. The summed E-state index contributed by atoms with van der Waals surface area (Å²) >= 11 is 5.83. The number of halogens is 4. The molecule has 110 valence electrons. The van der Waals surface area contributed by atoms with Crippen LogP contribution >= 0.6 is 11.6 Å². The van der Waals surface area contributed by atoms with Gasteiger partial charge in [0.05, 0.1) is 0 Å².